The highest BCUT2D eigenvalue weighted by Crippen LogP contribution is 2.19. The number of phenolic OH excluding ortho intramolecular Hbond substituents is 1. The van der Waals surface area contributed by atoms with Gasteiger partial charge in [0.1, 0.15) is 18.1 Å². The molecule has 0 unspecified atom stereocenters. The Balaban J connectivity index is 2.10. The molecule has 276 valence electrons. The highest BCUT2D eigenvalue weighted by molar-refractivity contribution is 5.95. The van der Waals surface area contributed by atoms with Crippen LogP contribution in [0, 0.1) is 11.8 Å². The zero-order valence-corrected chi connectivity index (χ0v) is 28.5. The molecule has 0 aliphatic carbocycles. The molecule has 51 heavy (non-hydrogen) atoms. The first-order chi connectivity index (χ1) is 24.5. The number of esters is 1. The minimum absolute atomic E-state index is 0.00697. The number of azide groups is 1. The summed E-state index contributed by atoms with van der Waals surface area (Å²) in [6, 6.07) is 13.7. The fourth-order valence-corrected chi connectivity index (χ4v) is 4.91. The predicted octanol–water partition coefficient (Wildman–Crippen LogP) is 3.05. The van der Waals surface area contributed by atoms with Crippen LogP contribution in [-0.2, 0) is 56.0 Å². The van der Waals surface area contributed by atoms with Gasteiger partial charge in [0.2, 0.25) is 11.8 Å². The van der Waals surface area contributed by atoms with Crippen LogP contribution in [0.5, 0.6) is 5.75 Å². The van der Waals surface area contributed by atoms with Gasteiger partial charge in [-0.25, -0.2) is 0 Å². The number of hydrogen-bond acceptors (Lipinski definition) is 11. The third kappa shape index (κ3) is 18.3. The van der Waals surface area contributed by atoms with Crippen LogP contribution in [0.2, 0.25) is 0 Å². The average molecular weight is 712 g/mol. The largest absolute Gasteiger partial charge is 0.508 e. The number of nitrogens with zero attached hydrogens (tertiary/aromatic N) is 3. The summed E-state index contributed by atoms with van der Waals surface area (Å²) < 4.78 is 15.9. The number of carbonyl (C=O) groups excluding carboxylic acids is 5. The van der Waals surface area contributed by atoms with Gasteiger partial charge < -0.3 is 39.9 Å². The summed E-state index contributed by atoms with van der Waals surface area (Å²) >= 11 is 0. The van der Waals surface area contributed by atoms with E-state index < -0.39 is 60.3 Å². The van der Waals surface area contributed by atoms with E-state index in [4.69, 9.17) is 19.7 Å². The molecule has 4 N–H and O–H groups in total. The summed E-state index contributed by atoms with van der Waals surface area (Å²) in [6.45, 7) is 2.22. The predicted molar refractivity (Wildman–Crippen MR) is 182 cm³/mol. The lowest BCUT2D eigenvalue weighted by atomic mass is 9.90. The van der Waals surface area contributed by atoms with Crippen molar-refractivity contribution in [2.45, 2.75) is 58.1 Å². The number of benzene rings is 2. The Hall–Kier alpha value is -5.31. The summed E-state index contributed by atoms with van der Waals surface area (Å²) in [5, 5.41) is 27.6. The number of Topliss-reactive ketones (excluding diaryl/α,β-unsaturated/α-hetero) is 2. The number of ketones is 2. The second-order valence-electron chi connectivity index (χ2n) is 11.7. The number of aromatic hydroxyl groups is 1. The first-order valence-corrected chi connectivity index (χ1v) is 16.4. The fraction of sp³-hybridized carbons (Fsp3) is 0.486. The Morgan fingerprint density at radius 3 is 2.18 bits per heavy atom. The highest BCUT2D eigenvalue weighted by Gasteiger charge is 2.31. The number of carbonyl (C=O) groups is 6. The van der Waals surface area contributed by atoms with Crippen molar-refractivity contribution in [2.75, 3.05) is 39.5 Å². The van der Waals surface area contributed by atoms with Crippen molar-refractivity contribution in [2.24, 2.45) is 17.0 Å². The summed E-state index contributed by atoms with van der Waals surface area (Å²) in [5.74, 6) is -6.46. The number of carboxylic acids is 1. The number of amides is 2. The lowest BCUT2D eigenvalue weighted by molar-refractivity contribution is -0.145. The molecule has 16 nitrogen and oxygen atoms in total. The molecule has 3 atom stereocenters. The summed E-state index contributed by atoms with van der Waals surface area (Å²) in [7, 11) is 0. The van der Waals surface area contributed by atoms with E-state index in [1.807, 2.05) is 6.07 Å². The third-order valence-electron chi connectivity index (χ3n) is 7.46. The van der Waals surface area contributed by atoms with Crippen molar-refractivity contribution in [3.05, 3.63) is 76.2 Å². The lowest BCUT2D eigenvalue weighted by Gasteiger charge is -2.23. The molecule has 0 saturated heterocycles. The van der Waals surface area contributed by atoms with Crippen LogP contribution >= 0.6 is 0 Å². The number of carboxylic acid groups (broad SMARTS) is 1. The molecule has 0 bridgehead atoms. The van der Waals surface area contributed by atoms with Crippen LogP contribution in [0.3, 0.4) is 0 Å². The molecule has 0 aliphatic rings. The Labute approximate surface area is 295 Å². The maximum absolute atomic E-state index is 13.7. The van der Waals surface area contributed by atoms with Crippen molar-refractivity contribution < 1.29 is 53.2 Å². The van der Waals surface area contributed by atoms with E-state index in [0.717, 1.165) is 5.56 Å². The van der Waals surface area contributed by atoms with Crippen LogP contribution in [0.25, 0.3) is 10.4 Å². The molecule has 0 heterocycles. The van der Waals surface area contributed by atoms with E-state index >= 15 is 0 Å². The van der Waals surface area contributed by atoms with E-state index in [1.54, 1.807) is 36.4 Å². The molecule has 0 spiro atoms. The topological polar surface area (TPSA) is 243 Å². The van der Waals surface area contributed by atoms with Gasteiger partial charge in [-0.05, 0) is 48.6 Å². The molecule has 2 aromatic carbocycles. The Kier molecular flexibility index (Phi) is 19.7. The minimum Gasteiger partial charge on any atom is -0.508 e. The van der Waals surface area contributed by atoms with Gasteiger partial charge in [0, 0.05) is 43.2 Å². The number of rotatable bonds is 26. The zero-order chi connectivity index (χ0) is 37.4. The Morgan fingerprint density at radius 1 is 0.843 bits per heavy atom. The van der Waals surface area contributed by atoms with E-state index in [0.29, 0.717) is 5.56 Å². The van der Waals surface area contributed by atoms with Crippen molar-refractivity contribution in [3.8, 4) is 5.75 Å². The second-order valence-corrected chi connectivity index (χ2v) is 11.7. The smallest absolute Gasteiger partial charge is 0.306 e. The highest BCUT2D eigenvalue weighted by atomic mass is 16.5. The molecule has 0 saturated carbocycles. The standard InChI is InChI=1S/C35H45N5O11/c1-24(41)19-27(20-25-7-9-29(42)10-8-25)35(48)39-30(11-12-33(46)51-23-26-5-3-2-4-6-26)31(43)21-28(22-32(44)45)34(47)37-13-15-49-17-18-50-16-14-38-40-36/h2-10,27-28,30,42H,11-23H2,1H3,(H,37,47)(H,39,48)(H,44,45)/t27-,28-,30+/m0/s1. The van der Waals surface area contributed by atoms with Crippen molar-refractivity contribution in [3.63, 3.8) is 0 Å². The van der Waals surface area contributed by atoms with Gasteiger partial charge in [0.15, 0.2) is 5.78 Å². The Bertz CT molecular complexity index is 1480. The van der Waals surface area contributed by atoms with Gasteiger partial charge in [-0.2, -0.15) is 0 Å². The molecule has 16 heteroatoms. The van der Waals surface area contributed by atoms with Crippen LogP contribution in [0.1, 0.15) is 50.2 Å². The first-order valence-electron chi connectivity index (χ1n) is 16.4. The Morgan fingerprint density at radius 2 is 1.53 bits per heavy atom. The van der Waals surface area contributed by atoms with Gasteiger partial charge in [0.25, 0.3) is 0 Å². The molecule has 0 aliphatic heterocycles. The SMILES string of the molecule is CC(=O)C[C@@H](Cc1ccc(O)cc1)C(=O)N[C@H](CCC(=O)OCc1ccccc1)C(=O)C[C@@H](CC(=O)O)C(=O)NCCOCCOCCN=[N+]=[N-]. The van der Waals surface area contributed by atoms with E-state index in [-0.39, 0.29) is 83.3 Å². The van der Waals surface area contributed by atoms with Gasteiger partial charge in [0.05, 0.1) is 44.8 Å². The summed E-state index contributed by atoms with van der Waals surface area (Å²) in [4.78, 5) is 79.1. The van der Waals surface area contributed by atoms with Gasteiger partial charge in [-0.3, -0.25) is 24.0 Å². The van der Waals surface area contributed by atoms with Crippen molar-refractivity contribution >= 4 is 35.3 Å². The molecule has 0 aromatic heterocycles. The van der Waals surface area contributed by atoms with Crippen LogP contribution in [-0.4, -0.2) is 91.1 Å². The molecule has 2 rings (SSSR count). The molecule has 2 aromatic rings. The lowest BCUT2D eigenvalue weighted by Crippen LogP contribution is -2.46. The normalized spacial score (nSPS) is 12.4. The first kappa shape index (κ1) is 41.9. The maximum Gasteiger partial charge on any atom is 0.306 e. The second kappa shape index (κ2) is 23.9. The van der Waals surface area contributed by atoms with Crippen molar-refractivity contribution in [1.82, 2.24) is 10.6 Å². The molecular formula is C35H45N5O11. The zero-order valence-electron chi connectivity index (χ0n) is 28.5. The summed E-state index contributed by atoms with van der Waals surface area (Å²) in [5.41, 5.74) is 9.64. The minimum atomic E-state index is -1.32. The monoisotopic (exact) mass is 711 g/mol. The van der Waals surface area contributed by atoms with Gasteiger partial charge >= 0.3 is 11.9 Å². The van der Waals surface area contributed by atoms with Crippen LogP contribution in [0.15, 0.2) is 59.7 Å². The molecular weight excluding hydrogens is 666 g/mol. The molecule has 2 amide bonds. The summed E-state index contributed by atoms with van der Waals surface area (Å²) in [6.07, 6.45) is -1.76. The quantitative estimate of drug-likeness (QED) is 0.0363. The number of ether oxygens (including phenoxy) is 3. The van der Waals surface area contributed by atoms with Gasteiger partial charge in [-0.15, -0.1) is 0 Å². The number of hydrogen-bond donors (Lipinski definition) is 4. The maximum atomic E-state index is 13.7. The van der Waals surface area contributed by atoms with Crippen molar-refractivity contribution in [1.29, 1.82) is 0 Å². The average Bonchev–Trinajstić information content (AvgIpc) is 3.10. The third-order valence-corrected chi connectivity index (χ3v) is 7.46. The molecule has 0 fully saturated rings. The number of nitrogens with one attached hydrogen (secondary N) is 2. The molecule has 0 radical (unpaired) electrons. The van der Waals surface area contributed by atoms with Crippen LogP contribution < -0.4 is 10.6 Å². The van der Waals surface area contributed by atoms with Gasteiger partial charge in [-0.1, -0.05) is 47.6 Å². The van der Waals surface area contributed by atoms with E-state index in [2.05, 4.69) is 20.7 Å². The van der Waals surface area contributed by atoms with E-state index in [1.165, 1.54) is 19.1 Å². The van der Waals surface area contributed by atoms with E-state index in [9.17, 15) is 39.0 Å². The fourth-order valence-electron chi connectivity index (χ4n) is 4.91. The number of aliphatic carboxylic acids is 1. The number of phenols is 1. The van der Waals surface area contributed by atoms with Crippen LogP contribution in [0.4, 0.5) is 0 Å².